The van der Waals surface area contributed by atoms with Crippen LogP contribution in [-0.4, -0.2) is 15.2 Å². The predicted molar refractivity (Wildman–Crippen MR) is 111 cm³/mol. The van der Waals surface area contributed by atoms with Crippen molar-refractivity contribution in [2.24, 2.45) is 0 Å². The summed E-state index contributed by atoms with van der Waals surface area (Å²) in [6.07, 6.45) is 7.43. The third-order valence-corrected chi connectivity index (χ3v) is 25.0. The van der Waals surface area contributed by atoms with Crippen LogP contribution in [-0.2, 0) is 12.8 Å². The first-order chi connectivity index (χ1) is 11.4. The summed E-state index contributed by atoms with van der Waals surface area (Å²) in [6, 6.07) is 17.9. The molecule has 0 aromatic heterocycles. The molecular weight excluding hydrogens is 320 g/mol. The minimum absolute atomic E-state index is 1.19. The molecule has 0 unspecified atom stereocenters. The standard InChI is InChI=1S/C22H26Si2/c1-23(2,21-13-17-9-5-6-10-18(17)14-21)24(3,4)22-15-19-11-7-8-12-20(19)16-22/h5-13,15H,14,16H2,1-4H3. The SMILES string of the molecule is C[Si](C)(C1=Cc2ccccc2C1)[Si](C)(C)C1=Cc2ccccc2C1. The highest BCUT2D eigenvalue weighted by molar-refractivity contribution is 7.46. The minimum Gasteiger partial charge on any atom is -0.0782 e. The Morgan fingerprint density at radius 2 is 0.958 bits per heavy atom. The van der Waals surface area contributed by atoms with Crippen LogP contribution in [0.5, 0.6) is 0 Å². The van der Waals surface area contributed by atoms with E-state index in [2.05, 4.69) is 86.9 Å². The third-order valence-electron chi connectivity index (χ3n) is 6.70. The molecule has 4 rings (SSSR count). The lowest BCUT2D eigenvalue weighted by molar-refractivity contribution is 1.25. The highest BCUT2D eigenvalue weighted by Gasteiger charge is 2.47. The normalized spacial score (nSPS) is 16.5. The maximum absolute atomic E-state index is 2.63. The van der Waals surface area contributed by atoms with E-state index in [0.29, 0.717) is 0 Å². The fraction of sp³-hybridized carbons (Fsp3) is 0.273. The van der Waals surface area contributed by atoms with Crippen molar-refractivity contribution in [2.75, 3.05) is 0 Å². The molecule has 0 spiro atoms. The van der Waals surface area contributed by atoms with E-state index in [1.54, 1.807) is 10.4 Å². The van der Waals surface area contributed by atoms with E-state index in [-0.39, 0.29) is 0 Å². The monoisotopic (exact) mass is 346 g/mol. The number of rotatable bonds is 3. The van der Waals surface area contributed by atoms with Crippen molar-refractivity contribution < 1.29 is 0 Å². The van der Waals surface area contributed by atoms with E-state index in [9.17, 15) is 0 Å². The van der Waals surface area contributed by atoms with Gasteiger partial charge >= 0.3 is 0 Å². The molecule has 0 radical (unpaired) electrons. The second-order valence-electron chi connectivity index (χ2n) is 8.34. The fourth-order valence-corrected chi connectivity index (χ4v) is 13.8. The van der Waals surface area contributed by atoms with Crippen LogP contribution in [0.2, 0.25) is 26.2 Å². The zero-order valence-electron chi connectivity index (χ0n) is 15.2. The summed E-state index contributed by atoms with van der Waals surface area (Å²) in [7, 11) is -2.94. The summed E-state index contributed by atoms with van der Waals surface area (Å²) >= 11 is 0. The minimum atomic E-state index is -1.47. The Balaban J connectivity index is 1.68. The summed E-state index contributed by atoms with van der Waals surface area (Å²) in [6.45, 7) is 10.5. The number of fused-ring (bicyclic) bond motifs is 2. The lowest BCUT2D eigenvalue weighted by Gasteiger charge is -2.41. The molecule has 0 N–H and O–H groups in total. The Bertz CT molecular complexity index is 796. The molecule has 0 fully saturated rings. The molecule has 0 saturated heterocycles. The predicted octanol–water partition coefficient (Wildman–Crippen LogP) is 5.84. The van der Waals surface area contributed by atoms with E-state index in [1.807, 2.05) is 0 Å². The van der Waals surface area contributed by atoms with Gasteiger partial charge in [0.15, 0.2) is 0 Å². The van der Waals surface area contributed by atoms with Crippen LogP contribution in [0.3, 0.4) is 0 Å². The molecule has 2 aromatic carbocycles. The lowest BCUT2D eigenvalue weighted by atomic mass is 10.1. The van der Waals surface area contributed by atoms with Crippen molar-refractivity contribution in [3.8, 4) is 0 Å². The van der Waals surface area contributed by atoms with E-state index in [1.165, 1.54) is 35.1 Å². The van der Waals surface area contributed by atoms with Crippen LogP contribution in [0, 0.1) is 0 Å². The second kappa shape index (κ2) is 5.43. The Hall–Kier alpha value is -1.65. The van der Waals surface area contributed by atoms with Crippen LogP contribution in [0.25, 0.3) is 12.2 Å². The van der Waals surface area contributed by atoms with Crippen LogP contribution < -0.4 is 0 Å². The van der Waals surface area contributed by atoms with Crippen LogP contribution >= 0.6 is 0 Å². The molecule has 2 aromatic rings. The molecule has 0 bridgehead atoms. The molecule has 0 nitrogen and oxygen atoms in total. The smallest absolute Gasteiger partial charge is 0.0741 e. The van der Waals surface area contributed by atoms with Gasteiger partial charge in [-0.15, -0.1) is 0 Å². The molecule has 0 aliphatic heterocycles. The highest BCUT2D eigenvalue weighted by Crippen LogP contribution is 2.41. The van der Waals surface area contributed by atoms with Gasteiger partial charge in [0.05, 0.1) is 15.2 Å². The largest absolute Gasteiger partial charge is 0.0782 e. The molecule has 2 aliphatic rings. The molecule has 122 valence electrons. The van der Waals surface area contributed by atoms with Crippen molar-refractivity contribution in [3.05, 3.63) is 81.2 Å². The third kappa shape index (κ3) is 2.32. The van der Waals surface area contributed by atoms with Gasteiger partial charge in [-0.25, -0.2) is 0 Å². The molecular formula is C22H26Si2. The number of hydrogen-bond donors (Lipinski definition) is 0. The fourth-order valence-electron chi connectivity index (χ4n) is 4.17. The van der Waals surface area contributed by atoms with Gasteiger partial charge in [-0.05, 0) is 35.1 Å². The molecule has 0 heterocycles. The van der Waals surface area contributed by atoms with Crippen molar-refractivity contribution >= 4 is 27.3 Å². The molecule has 0 atom stereocenters. The van der Waals surface area contributed by atoms with Gasteiger partial charge in [-0.3, -0.25) is 0 Å². The van der Waals surface area contributed by atoms with Gasteiger partial charge in [0.2, 0.25) is 0 Å². The van der Waals surface area contributed by atoms with Crippen LogP contribution in [0.4, 0.5) is 0 Å². The summed E-state index contributed by atoms with van der Waals surface area (Å²) < 4.78 is 0. The van der Waals surface area contributed by atoms with Crippen molar-refractivity contribution in [1.29, 1.82) is 0 Å². The maximum atomic E-state index is 2.63. The zero-order chi connectivity index (χ0) is 16.9. The van der Waals surface area contributed by atoms with Crippen molar-refractivity contribution in [2.45, 2.75) is 39.0 Å². The summed E-state index contributed by atoms with van der Waals surface area (Å²) in [5, 5.41) is 3.52. The molecule has 0 saturated carbocycles. The first-order valence-electron chi connectivity index (χ1n) is 8.97. The average molecular weight is 347 g/mol. The topological polar surface area (TPSA) is 0 Å². The Morgan fingerprint density at radius 1 is 0.583 bits per heavy atom. The van der Waals surface area contributed by atoms with Gasteiger partial charge in [0.1, 0.15) is 0 Å². The summed E-state index contributed by atoms with van der Waals surface area (Å²) in [5.41, 5.74) is 5.98. The Kier molecular flexibility index (Phi) is 3.59. The van der Waals surface area contributed by atoms with Crippen molar-refractivity contribution in [3.63, 3.8) is 0 Å². The van der Waals surface area contributed by atoms with E-state index < -0.39 is 15.2 Å². The van der Waals surface area contributed by atoms with Gasteiger partial charge in [0.25, 0.3) is 0 Å². The molecule has 24 heavy (non-hydrogen) atoms. The van der Waals surface area contributed by atoms with E-state index in [4.69, 9.17) is 0 Å². The van der Waals surface area contributed by atoms with Gasteiger partial charge in [-0.2, -0.15) is 0 Å². The number of allylic oxidation sites excluding steroid dienone is 2. The number of benzene rings is 2. The highest BCUT2D eigenvalue weighted by atomic mass is 29.3. The van der Waals surface area contributed by atoms with Crippen LogP contribution in [0.1, 0.15) is 22.3 Å². The van der Waals surface area contributed by atoms with E-state index in [0.717, 1.165) is 0 Å². The zero-order valence-corrected chi connectivity index (χ0v) is 17.2. The first kappa shape index (κ1) is 15.9. The number of hydrogen-bond acceptors (Lipinski definition) is 0. The van der Waals surface area contributed by atoms with Gasteiger partial charge in [-0.1, -0.05) is 97.3 Å². The quantitative estimate of drug-likeness (QED) is 0.612. The van der Waals surface area contributed by atoms with E-state index >= 15 is 0 Å². The van der Waals surface area contributed by atoms with Crippen LogP contribution in [0.15, 0.2) is 58.9 Å². The summed E-state index contributed by atoms with van der Waals surface area (Å²) in [5.74, 6) is 0. The average Bonchev–Trinajstić information content (AvgIpc) is 3.19. The Morgan fingerprint density at radius 3 is 1.33 bits per heavy atom. The Labute approximate surface area is 147 Å². The summed E-state index contributed by atoms with van der Waals surface area (Å²) in [4.78, 5) is 0. The lowest BCUT2D eigenvalue weighted by Crippen LogP contribution is -2.58. The van der Waals surface area contributed by atoms with Crippen molar-refractivity contribution in [1.82, 2.24) is 0 Å². The molecule has 2 aliphatic carbocycles. The first-order valence-corrected chi connectivity index (χ1v) is 16.0. The molecule has 0 amide bonds. The maximum Gasteiger partial charge on any atom is 0.0741 e. The van der Waals surface area contributed by atoms with Gasteiger partial charge < -0.3 is 0 Å². The second-order valence-corrected chi connectivity index (χ2v) is 23.6. The molecule has 2 heteroatoms. The van der Waals surface area contributed by atoms with Gasteiger partial charge in [0, 0.05) is 0 Å².